The molecule has 10 nitrogen and oxygen atoms in total. The van der Waals surface area contributed by atoms with Crippen molar-refractivity contribution < 1.29 is 19.0 Å². The largest absolute Gasteiger partial charge is 0.461 e. The third kappa shape index (κ3) is 3.54. The number of rotatable bonds is 8. The summed E-state index contributed by atoms with van der Waals surface area (Å²) in [6.07, 6.45) is 0.577. The maximum atomic E-state index is 12.4. The molecule has 2 fully saturated rings. The molecule has 3 heterocycles. The van der Waals surface area contributed by atoms with Gasteiger partial charge >= 0.3 is 23.0 Å². The summed E-state index contributed by atoms with van der Waals surface area (Å²) in [7, 11) is 0. The van der Waals surface area contributed by atoms with E-state index >= 15 is 0 Å². The number of epoxide rings is 2. The fourth-order valence-electron chi connectivity index (χ4n) is 2.24. The fourth-order valence-corrected chi connectivity index (χ4v) is 2.24. The molecule has 2 saturated heterocycles. The van der Waals surface area contributed by atoms with E-state index in [1.165, 1.54) is 0 Å². The molecule has 0 radical (unpaired) electrons. The van der Waals surface area contributed by atoms with Gasteiger partial charge in [-0.25, -0.2) is 32.9 Å². The number of carbonyl (C=O) groups excluding carboxylic acids is 1. The van der Waals surface area contributed by atoms with Crippen LogP contribution in [0.4, 0.5) is 0 Å². The molecule has 1 aromatic heterocycles. The first kappa shape index (κ1) is 16.4. The van der Waals surface area contributed by atoms with Crippen LogP contribution in [0.1, 0.15) is 0 Å². The number of hydrogen-bond acceptors (Lipinski definition) is 7. The Hall–Kier alpha value is -2.46. The van der Waals surface area contributed by atoms with Crippen LogP contribution < -0.4 is 17.1 Å². The Labute approximate surface area is 135 Å². The molecule has 0 bridgehead atoms. The minimum atomic E-state index is -0.747. The highest BCUT2D eigenvalue weighted by molar-refractivity contribution is 5.81. The van der Waals surface area contributed by atoms with E-state index in [0.29, 0.717) is 13.2 Å². The number of esters is 1. The zero-order chi connectivity index (χ0) is 17.3. The van der Waals surface area contributed by atoms with Crippen molar-refractivity contribution in [2.24, 2.45) is 0 Å². The third-order valence-corrected chi connectivity index (χ3v) is 3.69. The second-order valence-electron chi connectivity index (χ2n) is 5.50. The van der Waals surface area contributed by atoms with Crippen molar-refractivity contribution in [3.05, 3.63) is 44.1 Å². The highest BCUT2D eigenvalue weighted by Crippen LogP contribution is 2.10. The summed E-state index contributed by atoms with van der Waals surface area (Å²) in [5, 5.41) is 0. The Morgan fingerprint density at radius 3 is 1.92 bits per heavy atom. The van der Waals surface area contributed by atoms with Gasteiger partial charge in [-0.15, -0.1) is 0 Å². The minimum Gasteiger partial charge on any atom is -0.461 e. The van der Waals surface area contributed by atoms with Gasteiger partial charge in [-0.3, -0.25) is 0 Å². The van der Waals surface area contributed by atoms with Crippen molar-refractivity contribution >= 4 is 5.97 Å². The Balaban J connectivity index is 1.93. The molecule has 24 heavy (non-hydrogen) atoms. The maximum absolute atomic E-state index is 12.4. The summed E-state index contributed by atoms with van der Waals surface area (Å²) in [6, 6.07) is 0. The van der Waals surface area contributed by atoms with Crippen LogP contribution in [0.15, 0.2) is 27.0 Å². The van der Waals surface area contributed by atoms with Crippen LogP contribution in [0.5, 0.6) is 0 Å². The standard InChI is InChI=1S/C14H17N3O7/c1-2-11(18)22-4-3-15-12(19)16(5-9-7-23-9)14(21)17(13(15)20)6-10-8-24-10/h2,9-10H,1,3-8H2. The lowest BCUT2D eigenvalue weighted by atomic mass is 10.4. The average molecular weight is 339 g/mol. The lowest BCUT2D eigenvalue weighted by Crippen LogP contribution is -2.55. The molecule has 2 aliphatic rings. The van der Waals surface area contributed by atoms with Gasteiger partial charge in [0.2, 0.25) is 0 Å². The van der Waals surface area contributed by atoms with Crippen molar-refractivity contribution in [2.45, 2.75) is 31.8 Å². The van der Waals surface area contributed by atoms with Gasteiger partial charge in [0.1, 0.15) is 6.61 Å². The van der Waals surface area contributed by atoms with E-state index in [2.05, 4.69) is 6.58 Å². The second-order valence-corrected chi connectivity index (χ2v) is 5.50. The van der Waals surface area contributed by atoms with Crippen molar-refractivity contribution in [1.82, 2.24) is 13.7 Å². The topological polar surface area (TPSA) is 117 Å². The summed E-state index contributed by atoms with van der Waals surface area (Å²) in [5.41, 5.74) is -2.18. The van der Waals surface area contributed by atoms with E-state index in [-0.39, 0.29) is 38.4 Å². The summed E-state index contributed by atoms with van der Waals surface area (Å²) in [4.78, 5) is 48.4. The predicted molar refractivity (Wildman–Crippen MR) is 79.9 cm³/mol. The molecule has 2 atom stereocenters. The smallest absolute Gasteiger partial charge is 0.336 e. The number of hydrogen-bond donors (Lipinski definition) is 0. The van der Waals surface area contributed by atoms with Crippen LogP contribution in [0, 0.1) is 0 Å². The highest BCUT2D eigenvalue weighted by atomic mass is 16.6. The van der Waals surface area contributed by atoms with E-state index in [1.54, 1.807) is 0 Å². The van der Waals surface area contributed by atoms with E-state index < -0.39 is 23.0 Å². The van der Waals surface area contributed by atoms with Crippen LogP contribution in [0.25, 0.3) is 0 Å². The van der Waals surface area contributed by atoms with Crippen molar-refractivity contribution in [1.29, 1.82) is 0 Å². The van der Waals surface area contributed by atoms with E-state index in [0.717, 1.165) is 19.8 Å². The molecule has 10 heteroatoms. The second kappa shape index (κ2) is 6.57. The Morgan fingerprint density at radius 1 is 1.04 bits per heavy atom. The van der Waals surface area contributed by atoms with Gasteiger partial charge in [-0.1, -0.05) is 6.58 Å². The zero-order valence-corrected chi connectivity index (χ0v) is 12.9. The molecule has 0 aromatic carbocycles. The molecule has 0 spiro atoms. The molecule has 130 valence electrons. The Bertz CT molecular complexity index is 774. The quantitative estimate of drug-likeness (QED) is 0.297. The van der Waals surface area contributed by atoms with Crippen LogP contribution in [0.3, 0.4) is 0 Å². The number of carbonyl (C=O) groups is 1. The van der Waals surface area contributed by atoms with Crippen LogP contribution in [-0.2, 0) is 38.6 Å². The van der Waals surface area contributed by atoms with E-state index in [9.17, 15) is 19.2 Å². The lowest BCUT2D eigenvalue weighted by Gasteiger charge is -2.12. The monoisotopic (exact) mass is 339 g/mol. The molecule has 0 saturated carbocycles. The predicted octanol–water partition coefficient (Wildman–Crippen LogP) is -2.30. The number of ether oxygens (including phenoxy) is 3. The summed E-state index contributed by atoms with van der Waals surface area (Å²) < 4.78 is 17.7. The summed E-state index contributed by atoms with van der Waals surface area (Å²) in [6.45, 7) is 4.01. The molecule has 2 unspecified atom stereocenters. The molecular weight excluding hydrogens is 322 g/mol. The fraction of sp³-hybridized carbons (Fsp3) is 0.571. The molecular formula is C14H17N3O7. The molecule has 0 aliphatic carbocycles. The van der Waals surface area contributed by atoms with Crippen LogP contribution in [0.2, 0.25) is 0 Å². The summed E-state index contributed by atoms with van der Waals surface area (Å²) in [5.74, 6) is -0.658. The van der Waals surface area contributed by atoms with Crippen LogP contribution >= 0.6 is 0 Å². The van der Waals surface area contributed by atoms with Crippen molar-refractivity contribution in [3.8, 4) is 0 Å². The van der Waals surface area contributed by atoms with Crippen molar-refractivity contribution in [3.63, 3.8) is 0 Å². The number of aromatic nitrogens is 3. The molecule has 2 aliphatic heterocycles. The Morgan fingerprint density at radius 2 is 1.50 bits per heavy atom. The zero-order valence-electron chi connectivity index (χ0n) is 12.9. The van der Waals surface area contributed by atoms with Gasteiger partial charge in [0.25, 0.3) is 0 Å². The van der Waals surface area contributed by atoms with Crippen molar-refractivity contribution in [2.75, 3.05) is 19.8 Å². The van der Waals surface area contributed by atoms with Gasteiger partial charge in [0, 0.05) is 6.08 Å². The lowest BCUT2D eigenvalue weighted by molar-refractivity contribution is -0.138. The first-order chi connectivity index (χ1) is 11.5. The van der Waals surface area contributed by atoms with Crippen LogP contribution in [-0.4, -0.2) is 51.7 Å². The third-order valence-electron chi connectivity index (χ3n) is 3.69. The van der Waals surface area contributed by atoms with E-state index in [4.69, 9.17) is 14.2 Å². The molecule has 0 amide bonds. The highest BCUT2D eigenvalue weighted by Gasteiger charge is 2.29. The first-order valence-corrected chi connectivity index (χ1v) is 7.48. The minimum absolute atomic E-state index is 0.0793. The van der Waals surface area contributed by atoms with Gasteiger partial charge < -0.3 is 14.2 Å². The van der Waals surface area contributed by atoms with Gasteiger partial charge in [-0.2, -0.15) is 0 Å². The molecule has 3 rings (SSSR count). The Kier molecular flexibility index (Phi) is 4.49. The first-order valence-electron chi connectivity index (χ1n) is 7.48. The normalized spacial score (nSPS) is 21.3. The van der Waals surface area contributed by atoms with Gasteiger partial charge in [0.15, 0.2) is 0 Å². The van der Waals surface area contributed by atoms with E-state index in [1.807, 2.05) is 0 Å². The maximum Gasteiger partial charge on any atom is 0.336 e. The number of nitrogens with zero attached hydrogens (tertiary/aromatic N) is 3. The average Bonchev–Trinajstić information content (AvgIpc) is 3.46. The summed E-state index contributed by atoms with van der Waals surface area (Å²) >= 11 is 0. The SMILES string of the molecule is C=CC(=O)OCCn1c(=O)n(CC2CO2)c(=O)n(CC2CO2)c1=O. The molecule has 1 aromatic rings. The van der Waals surface area contributed by atoms with Gasteiger partial charge in [0.05, 0.1) is 45.1 Å². The van der Waals surface area contributed by atoms with Gasteiger partial charge in [-0.05, 0) is 0 Å². The molecule has 0 N–H and O–H groups in total.